The van der Waals surface area contributed by atoms with Crippen LogP contribution in [0.15, 0.2) is 30.3 Å². The van der Waals surface area contributed by atoms with Crippen molar-refractivity contribution in [1.29, 1.82) is 5.26 Å². The molecule has 5 rings (SSSR count). The van der Waals surface area contributed by atoms with Crippen LogP contribution in [-0.2, 0) is 11.3 Å². The molecule has 2 aliphatic heterocycles. The SMILES string of the molecule is C[C@H]1CC[C@@H](Oc2ccc3ccc(CN4C5CCCC4CC(C(=O)O)C5)cc3c2C#N)CC1. The molecule has 33 heavy (non-hydrogen) atoms. The quantitative estimate of drug-likeness (QED) is 0.620. The number of hydrogen-bond acceptors (Lipinski definition) is 4. The van der Waals surface area contributed by atoms with Crippen LogP contribution in [0.25, 0.3) is 10.8 Å². The van der Waals surface area contributed by atoms with Gasteiger partial charge in [0.1, 0.15) is 17.4 Å². The Balaban J connectivity index is 1.38. The molecule has 174 valence electrons. The molecule has 5 heteroatoms. The van der Waals surface area contributed by atoms with Crippen LogP contribution in [0, 0.1) is 23.2 Å². The van der Waals surface area contributed by atoms with E-state index in [-0.39, 0.29) is 12.0 Å². The van der Waals surface area contributed by atoms with Crippen molar-refractivity contribution in [1.82, 2.24) is 4.90 Å². The Morgan fingerprint density at radius 2 is 1.79 bits per heavy atom. The first-order chi connectivity index (χ1) is 16.0. The zero-order valence-electron chi connectivity index (χ0n) is 19.5. The van der Waals surface area contributed by atoms with Gasteiger partial charge >= 0.3 is 5.97 Å². The van der Waals surface area contributed by atoms with Gasteiger partial charge in [-0.1, -0.05) is 31.5 Å². The Bertz CT molecular complexity index is 1050. The van der Waals surface area contributed by atoms with E-state index in [4.69, 9.17) is 4.74 Å². The van der Waals surface area contributed by atoms with Crippen LogP contribution in [0.5, 0.6) is 5.75 Å². The Labute approximate surface area is 196 Å². The van der Waals surface area contributed by atoms with E-state index in [1.54, 1.807) is 0 Å². The van der Waals surface area contributed by atoms with Crippen LogP contribution >= 0.6 is 0 Å². The summed E-state index contributed by atoms with van der Waals surface area (Å²) in [4.78, 5) is 14.1. The molecule has 2 aromatic carbocycles. The van der Waals surface area contributed by atoms with E-state index >= 15 is 0 Å². The van der Waals surface area contributed by atoms with E-state index in [1.807, 2.05) is 6.07 Å². The van der Waals surface area contributed by atoms with Gasteiger partial charge in [0.25, 0.3) is 0 Å². The van der Waals surface area contributed by atoms with Crippen molar-refractivity contribution in [2.24, 2.45) is 11.8 Å². The third kappa shape index (κ3) is 4.59. The Hall–Kier alpha value is -2.58. The summed E-state index contributed by atoms with van der Waals surface area (Å²) in [7, 11) is 0. The van der Waals surface area contributed by atoms with Gasteiger partial charge in [0, 0.05) is 24.0 Å². The summed E-state index contributed by atoms with van der Waals surface area (Å²) in [6.07, 6.45) is 9.53. The van der Waals surface area contributed by atoms with Gasteiger partial charge in [0.15, 0.2) is 0 Å². The average molecular weight is 447 g/mol. The summed E-state index contributed by atoms with van der Waals surface area (Å²) < 4.78 is 6.33. The van der Waals surface area contributed by atoms with Crippen molar-refractivity contribution in [3.05, 3.63) is 41.5 Å². The first-order valence-electron chi connectivity index (χ1n) is 12.6. The molecule has 1 saturated carbocycles. The maximum absolute atomic E-state index is 11.6. The number of piperidine rings is 2. The van der Waals surface area contributed by atoms with E-state index < -0.39 is 5.97 Å². The highest BCUT2D eigenvalue weighted by Gasteiger charge is 2.40. The third-order valence-corrected chi connectivity index (χ3v) is 8.26. The van der Waals surface area contributed by atoms with Gasteiger partial charge in [-0.15, -0.1) is 0 Å². The number of nitrogens with zero attached hydrogens (tertiary/aromatic N) is 2. The number of benzene rings is 2. The van der Waals surface area contributed by atoms with Gasteiger partial charge < -0.3 is 9.84 Å². The molecule has 3 fully saturated rings. The molecule has 0 amide bonds. The van der Waals surface area contributed by atoms with Gasteiger partial charge in [-0.3, -0.25) is 9.69 Å². The number of hydrogen-bond donors (Lipinski definition) is 1. The fourth-order valence-corrected chi connectivity index (χ4v) is 6.33. The van der Waals surface area contributed by atoms with Gasteiger partial charge in [0.05, 0.1) is 12.0 Å². The molecule has 2 atom stereocenters. The number of nitriles is 1. The molecule has 2 bridgehead atoms. The molecule has 2 saturated heterocycles. The van der Waals surface area contributed by atoms with E-state index in [9.17, 15) is 15.2 Å². The topological polar surface area (TPSA) is 73.6 Å². The monoisotopic (exact) mass is 446 g/mol. The van der Waals surface area contributed by atoms with Crippen LogP contribution in [0.2, 0.25) is 0 Å². The Morgan fingerprint density at radius 1 is 1.09 bits per heavy atom. The van der Waals surface area contributed by atoms with E-state index in [2.05, 4.69) is 42.2 Å². The predicted molar refractivity (Wildman–Crippen MR) is 128 cm³/mol. The number of aliphatic carboxylic acids is 1. The van der Waals surface area contributed by atoms with Crippen molar-refractivity contribution in [2.45, 2.75) is 89.4 Å². The molecule has 5 nitrogen and oxygen atoms in total. The van der Waals surface area contributed by atoms with Crippen LogP contribution in [0.3, 0.4) is 0 Å². The average Bonchev–Trinajstić information content (AvgIpc) is 2.80. The van der Waals surface area contributed by atoms with Crippen LogP contribution in [0.4, 0.5) is 0 Å². The van der Waals surface area contributed by atoms with Crippen molar-refractivity contribution in [3.63, 3.8) is 0 Å². The van der Waals surface area contributed by atoms with Crippen LogP contribution in [-0.4, -0.2) is 34.2 Å². The van der Waals surface area contributed by atoms with Gasteiger partial charge in [-0.2, -0.15) is 5.26 Å². The highest BCUT2D eigenvalue weighted by molar-refractivity contribution is 5.90. The molecule has 2 aromatic rings. The van der Waals surface area contributed by atoms with Crippen molar-refractivity contribution in [3.8, 4) is 11.8 Å². The lowest BCUT2D eigenvalue weighted by Crippen LogP contribution is -2.52. The smallest absolute Gasteiger partial charge is 0.306 e. The highest BCUT2D eigenvalue weighted by Crippen LogP contribution is 2.39. The van der Waals surface area contributed by atoms with Crippen molar-refractivity contribution in [2.75, 3.05) is 0 Å². The number of carbonyl (C=O) groups is 1. The molecule has 0 radical (unpaired) electrons. The lowest BCUT2D eigenvalue weighted by molar-refractivity contribution is -0.146. The summed E-state index contributed by atoms with van der Waals surface area (Å²) in [5.74, 6) is 0.622. The molecule has 1 N–H and O–H groups in total. The molecular formula is C28H34N2O3. The minimum atomic E-state index is -0.643. The van der Waals surface area contributed by atoms with E-state index in [0.717, 1.165) is 61.8 Å². The minimum absolute atomic E-state index is 0.198. The van der Waals surface area contributed by atoms with Crippen LogP contribution in [0.1, 0.15) is 75.8 Å². The zero-order chi connectivity index (χ0) is 22.9. The number of carboxylic acid groups (broad SMARTS) is 1. The maximum Gasteiger partial charge on any atom is 0.306 e. The second-order valence-electron chi connectivity index (χ2n) is 10.5. The van der Waals surface area contributed by atoms with E-state index in [0.29, 0.717) is 23.4 Å². The largest absolute Gasteiger partial charge is 0.489 e. The summed E-state index contributed by atoms with van der Waals surface area (Å²) in [5, 5.41) is 21.6. The first-order valence-corrected chi connectivity index (χ1v) is 12.6. The predicted octanol–water partition coefficient (Wildman–Crippen LogP) is 5.89. The van der Waals surface area contributed by atoms with Gasteiger partial charge in [-0.05, 0) is 80.4 Å². The lowest BCUT2D eigenvalue weighted by Gasteiger charge is -2.48. The number of rotatable bonds is 5. The fraction of sp³-hybridized carbons (Fsp3) is 0.571. The normalized spacial score (nSPS) is 30.0. The highest BCUT2D eigenvalue weighted by atomic mass is 16.5. The summed E-state index contributed by atoms with van der Waals surface area (Å²) in [6.45, 7) is 3.11. The number of fused-ring (bicyclic) bond motifs is 3. The summed E-state index contributed by atoms with van der Waals surface area (Å²) in [6, 6.07) is 13.5. The minimum Gasteiger partial charge on any atom is -0.489 e. The second kappa shape index (κ2) is 9.35. The molecular weight excluding hydrogens is 412 g/mol. The summed E-state index contributed by atoms with van der Waals surface area (Å²) in [5.41, 5.74) is 1.83. The molecule has 3 aliphatic rings. The zero-order valence-corrected chi connectivity index (χ0v) is 19.5. The van der Waals surface area contributed by atoms with Crippen LogP contribution < -0.4 is 4.74 Å². The molecule has 0 spiro atoms. The molecule has 2 heterocycles. The number of ether oxygens (including phenoxy) is 1. The summed E-state index contributed by atoms with van der Waals surface area (Å²) >= 11 is 0. The molecule has 1 aliphatic carbocycles. The second-order valence-corrected chi connectivity index (χ2v) is 10.5. The van der Waals surface area contributed by atoms with Crippen molar-refractivity contribution >= 4 is 16.7 Å². The maximum atomic E-state index is 11.6. The fourth-order valence-electron chi connectivity index (χ4n) is 6.33. The molecule has 0 aromatic heterocycles. The lowest BCUT2D eigenvalue weighted by atomic mass is 9.78. The standard InChI is InChI=1S/C28H34N2O3/c1-18-5-10-24(11-6-18)33-27-12-9-20-8-7-19(13-25(20)26(27)16-29)17-30-22-3-2-4-23(30)15-21(14-22)28(31)32/h7-9,12-13,18,21-24H,2-6,10-11,14-15,17H2,1H3,(H,31,32)/t18-,21?,22?,23?,24+. The van der Waals surface area contributed by atoms with E-state index in [1.165, 1.54) is 24.8 Å². The first kappa shape index (κ1) is 22.2. The Kier molecular flexibility index (Phi) is 6.29. The van der Waals surface area contributed by atoms with Gasteiger partial charge in [-0.25, -0.2) is 0 Å². The van der Waals surface area contributed by atoms with Crippen molar-refractivity contribution < 1.29 is 14.6 Å². The Morgan fingerprint density at radius 3 is 2.45 bits per heavy atom. The third-order valence-electron chi connectivity index (χ3n) is 8.26. The molecule has 2 unspecified atom stereocenters. The van der Waals surface area contributed by atoms with Gasteiger partial charge in [0.2, 0.25) is 0 Å². The number of carboxylic acids is 1.